The van der Waals surface area contributed by atoms with Gasteiger partial charge in [0, 0.05) is 25.8 Å². The van der Waals surface area contributed by atoms with E-state index in [0.29, 0.717) is 5.41 Å². The number of nitrogens with zero attached hydrogens (tertiary/aromatic N) is 2. The molecule has 3 nitrogen and oxygen atoms in total. The number of aryl methyl sites for hydroxylation is 1. The van der Waals surface area contributed by atoms with Crippen molar-refractivity contribution in [2.24, 2.45) is 12.5 Å². The lowest BCUT2D eigenvalue weighted by atomic mass is 9.80. The van der Waals surface area contributed by atoms with Crippen LogP contribution >= 0.6 is 0 Å². The van der Waals surface area contributed by atoms with E-state index in [1.54, 1.807) is 0 Å². The SMILES string of the molecule is Cn1cc(CC2(CNC3CC3)CCCC2)cn1. The monoisotopic (exact) mass is 233 g/mol. The Hall–Kier alpha value is -0.830. The summed E-state index contributed by atoms with van der Waals surface area (Å²) in [5.74, 6) is 0. The Labute approximate surface area is 104 Å². The van der Waals surface area contributed by atoms with Gasteiger partial charge in [0.2, 0.25) is 0 Å². The molecule has 2 saturated carbocycles. The quantitative estimate of drug-likeness (QED) is 0.845. The van der Waals surface area contributed by atoms with E-state index in [0.717, 1.165) is 6.04 Å². The molecule has 3 rings (SSSR count). The summed E-state index contributed by atoms with van der Waals surface area (Å²) in [5.41, 5.74) is 1.93. The zero-order chi connectivity index (χ0) is 11.7. The van der Waals surface area contributed by atoms with Crippen LogP contribution in [-0.4, -0.2) is 22.4 Å². The maximum atomic E-state index is 4.29. The first-order valence-electron chi connectivity index (χ1n) is 6.97. The molecule has 0 bridgehead atoms. The van der Waals surface area contributed by atoms with Crippen LogP contribution in [0.25, 0.3) is 0 Å². The minimum atomic E-state index is 0.519. The average molecular weight is 233 g/mol. The van der Waals surface area contributed by atoms with Crippen LogP contribution in [0.2, 0.25) is 0 Å². The van der Waals surface area contributed by atoms with Gasteiger partial charge < -0.3 is 5.32 Å². The number of hydrogen-bond donors (Lipinski definition) is 1. The van der Waals surface area contributed by atoms with E-state index in [4.69, 9.17) is 0 Å². The lowest BCUT2D eigenvalue weighted by Crippen LogP contribution is -2.35. The first-order chi connectivity index (χ1) is 8.26. The van der Waals surface area contributed by atoms with E-state index in [2.05, 4.69) is 16.6 Å². The van der Waals surface area contributed by atoms with Gasteiger partial charge in [-0.15, -0.1) is 0 Å². The highest BCUT2D eigenvalue weighted by atomic mass is 15.2. The first-order valence-corrected chi connectivity index (χ1v) is 6.97. The fraction of sp³-hybridized carbons (Fsp3) is 0.786. The van der Waals surface area contributed by atoms with Gasteiger partial charge in [-0.05, 0) is 43.1 Å². The van der Waals surface area contributed by atoms with Crippen molar-refractivity contribution in [1.82, 2.24) is 15.1 Å². The zero-order valence-electron chi connectivity index (χ0n) is 10.8. The van der Waals surface area contributed by atoms with Crippen LogP contribution in [0.4, 0.5) is 0 Å². The Kier molecular flexibility index (Phi) is 2.95. The van der Waals surface area contributed by atoms with Gasteiger partial charge in [-0.2, -0.15) is 5.10 Å². The van der Waals surface area contributed by atoms with Gasteiger partial charge in [-0.1, -0.05) is 12.8 Å². The molecule has 17 heavy (non-hydrogen) atoms. The lowest BCUT2D eigenvalue weighted by Gasteiger charge is -2.29. The van der Waals surface area contributed by atoms with E-state index < -0.39 is 0 Å². The van der Waals surface area contributed by atoms with Crippen molar-refractivity contribution in [3.8, 4) is 0 Å². The van der Waals surface area contributed by atoms with E-state index in [1.807, 2.05) is 17.9 Å². The van der Waals surface area contributed by atoms with Gasteiger partial charge in [0.05, 0.1) is 6.20 Å². The van der Waals surface area contributed by atoms with Crippen molar-refractivity contribution in [2.75, 3.05) is 6.54 Å². The first kappa shape index (κ1) is 11.3. The van der Waals surface area contributed by atoms with Crippen molar-refractivity contribution in [3.05, 3.63) is 18.0 Å². The van der Waals surface area contributed by atoms with Crippen LogP contribution in [0.3, 0.4) is 0 Å². The molecule has 2 fully saturated rings. The summed E-state index contributed by atoms with van der Waals surface area (Å²) in [5, 5.41) is 8.03. The largest absolute Gasteiger partial charge is 0.313 e. The van der Waals surface area contributed by atoms with E-state index in [-0.39, 0.29) is 0 Å². The molecule has 1 heterocycles. The lowest BCUT2D eigenvalue weighted by molar-refractivity contribution is 0.276. The predicted octanol–water partition coefficient (Wildman–Crippen LogP) is 2.28. The van der Waals surface area contributed by atoms with Crippen molar-refractivity contribution < 1.29 is 0 Å². The van der Waals surface area contributed by atoms with Gasteiger partial charge in [0.15, 0.2) is 0 Å². The van der Waals surface area contributed by atoms with Gasteiger partial charge in [-0.3, -0.25) is 4.68 Å². The summed E-state index contributed by atoms with van der Waals surface area (Å²) in [4.78, 5) is 0. The third kappa shape index (κ3) is 2.71. The fourth-order valence-corrected chi connectivity index (χ4v) is 3.19. The maximum absolute atomic E-state index is 4.29. The molecule has 94 valence electrons. The average Bonchev–Trinajstić information content (AvgIpc) is 2.90. The summed E-state index contributed by atoms with van der Waals surface area (Å²) < 4.78 is 1.92. The van der Waals surface area contributed by atoms with Gasteiger partial charge in [0.1, 0.15) is 0 Å². The topological polar surface area (TPSA) is 29.9 Å². The van der Waals surface area contributed by atoms with Crippen LogP contribution in [0, 0.1) is 5.41 Å². The van der Waals surface area contributed by atoms with Crippen molar-refractivity contribution in [3.63, 3.8) is 0 Å². The van der Waals surface area contributed by atoms with Crippen molar-refractivity contribution in [1.29, 1.82) is 0 Å². The van der Waals surface area contributed by atoms with E-state index in [1.165, 1.54) is 57.1 Å². The van der Waals surface area contributed by atoms with Crippen LogP contribution in [-0.2, 0) is 13.5 Å². The van der Waals surface area contributed by atoms with E-state index >= 15 is 0 Å². The minimum Gasteiger partial charge on any atom is -0.313 e. The summed E-state index contributed by atoms with van der Waals surface area (Å²) in [7, 11) is 2.01. The molecule has 0 spiro atoms. The van der Waals surface area contributed by atoms with Crippen LogP contribution in [0.1, 0.15) is 44.1 Å². The van der Waals surface area contributed by atoms with Crippen molar-refractivity contribution in [2.45, 2.75) is 51.0 Å². The third-order valence-corrected chi connectivity index (χ3v) is 4.34. The Morgan fingerprint density at radius 2 is 2.18 bits per heavy atom. The van der Waals surface area contributed by atoms with Crippen molar-refractivity contribution >= 4 is 0 Å². The Morgan fingerprint density at radius 1 is 1.41 bits per heavy atom. The molecule has 2 aliphatic rings. The zero-order valence-corrected chi connectivity index (χ0v) is 10.8. The number of nitrogens with one attached hydrogen (secondary N) is 1. The highest BCUT2D eigenvalue weighted by Crippen LogP contribution is 2.41. The molecule has 0 saturated heterocycles. The normalized spacial score (nSPS) is 23.1. The highest BCUT2D eigenvalue weighted by molar-refractivity contribution is 5.09. The Morgan fingerprint density at radius 3 is 2.76 bits per heavy atom. The number of aromatic nitrogens is 2. The van der Waals surface area contributed by atoms with Gasteiger partial charge >= 0.3 is 0 Å². The van der Waals surface area contributed by atoms with E-state index in [9.17, 15) is 0 Å². The molecule has 3 heteroatoms. The second-order valence-corrected chi connectivity index (χ2v) is 6.06. The molecular formula is C14H23N3. The van der Waals surface area contributed by atoms with Crippen LogP contribution < -0.4 is 5.32 Å². The molecule has 0 unspecified atom stereocenters. The van der Waals surface area contributed by atoms with Crippen LogP contribution in [0.15, 0.2) is 12.4 Å². The molecule has 0 aromatic carbocycles. The smallest absolute Gasteiger partial charge is 0.0521 e. The molecule has 1 aromatic heterocycles. The number of hydrogen-bond acceptors (Lipinski definition) is 2. The fourth-order valence-electron chi connectivity index (χ4n) is 3.19. The summed E-state index contributed by atoms with van der Waals surface area (Å²) in [6.07, 6.45) is 13.8. The second kappa shape index (κ2) is 4.45. The summed E-state index contributed by atoms with van der Waals surface area (Å²) in [6.45, 7) is 1.21. The minimum absolute atomic E-state index is 0.519. The molecule has 1 N–H and O–H groups in total. The Balaban J connectivity index is 1.65. The Bertz CT molecular complexity index is 373. The molecule has 2 aliphatic carbocycles. The molecule has 0 radical (unpaired) electrons. The number of rotatable bonds is 5. The standard InChI is InChI=1S/C14H23N3/c1-17-10-12(9-16-17)8-14(6-2-3-7-14)11-15-13-4-5-13/h9-10,13,15H,2-8,11H2,1H3. The molecule has 0 amide bonds. The second-order valence-electron chi connectivity index (χ2n) is 6.06. The van der Waals surface area contributed by atoms with Gasteiger partial charge in [-0.25, -0.2) is 0 Å². The maximum Gasteiger partial charge on any atom is 0.0521 e. The van der Waals surface area contributed by atoms with Gasteiger partial charge in [0.25, 0.3) is 0 Å². The highest BCUT2D eigenvalue weighted by Gasteiger charge is 2.35. The van der Waals surface area contributed by atoms with Crippen LogP contribution in [0.5, 0.6) is 0 Å². The predicted molar refractivity (Wildman–Crippen MR) is 68.8 cm³/mol. The third-order valence-electron chi connectivity index (χ3n) is 4.34. The molecular weight excluding hydrogens is 210 g/mol. The molecule has 0 atom stereocenters. The summed E-state index contributed by atoms with van der Waals surface area (Å²) in [6, 6.07) is 0.835. The molecule has 0 aliphatic heterocycles. The summed E-state index contributed by atoms with van der Waals surface area (Å²) >= 11 is 0. The molecule has 1 aromatic rings.